The maximum atomic E-state index is 10.2. The van der Waals surface area contributed by atoms with Gasteiger partial charge in [0.1, 0.15) is 0 Å². The van der Waals surface area contributed by atoms with Crippen molar-refractivity contribution in [3.63, 3.8) is 0 Å². The Hall–Kier alpha value is 0.246. The fraction of sp³-hybridized carbons (Fsp3) is 0.833. The smallest absolute Gasteiger partial charge is 1.00 e. The maximum absolute atomic E-state index is 10.2. The van der Waals surface area contributed by atoms with Crippen LogP contribution in [0.4, 0.5) is 0 Å². The van der Waals surface area contributed by atoms with Crippen LogP contribution in [0.15, 0.2) is 4.99 Å². The fourth-order valence-corrected chi connectivity index (χ4v) is 1.92. The van der Waals surface area contributed by atoms with Gasteiger partial charge in [0.15, 0.2) is 0 Å². The van der Waals surface area contributed by atoms with Gasteiger partial charge in [0, 0.05) is 19.2 Å². The average Bonchev–Trinajstić information content (AvgIpc) is 2.52. The van der Waals surface area contributed by atoms with Crippen molar-refractivity contribution in [2.75, 3.05) is 6.54 Å². The third-order valence-electron chi connectivity index (χ3n) is 3.34. The van der Waals surface area contributed by atoms with Crippen molar-refractivity contribution in [3.8, 4) is 0 Å². The first-order valence-corrected chi connectivity index (χ1v) is 8.96. The van der Waals surface area contributed by atoms with Crippen molar-refractivity contribution < 1.29 is 72.6 Å². The second-order valence-corrected chi connectivity index (χ2v) is 5.62. The summed E-state index contributed by atoms with van der Waals surface area (Å²) in [5.41, 5.74) is 0. The molecule has 24 heavy (non-hydrogen) atoms. The van der Waals surface area contributed by atoms with Gasteiger partial charge in [-0.2, -0.15) is 0 Å². The topological polar surface area (TPSA) is 87.0 Å². The van der Waals surface area contributed by atoms with E-state index in [2.05, 4.69) is 11.9 Å². The molecule has 0 heterocycles. The van der Waals surface area contributed by atoms with E-state index in [-0.39, 0.29) is 65.7 Å². The van der Waals surface area contributed by atoms with E-state index in [1.807, 2.05) is 0 Å². The molecule has 0 fully saturated rings. The summed E-state index contributed by atoms with van der Waals surface area (Å²) >= 11 is 0. The Bertz CT molecular complexity index is 315. The predicted molar refractivity (Wildman–Crippen MR) is 96.5 cm³/mol. The quantitative estimate of drug-likeness (QED) is 0.279. The summed E-state index contributed by atoms with van der Waals surface area (Å²) in [5, 5.41) is 16.1. The zero-order valence-corrected chi connectivity index (χ0v) is 19.1. The number of hydrogen-bond donors (Lipinski definition) is 2. The molecule has 0 aliphatic carbocycles. The summed E-state index contributed by atoms with van der Waals surface area (Å²) in [4.78, 5) is 23.7. The molecule has 5 nitrogen and oxygen atoms in total. The number of carbonyl (C=O) groups is 2. The van der Waals surface area contributed by atoms with Gasteiger partial charge in [0.25, 0.3) is 0 Å². The van der Waals surface area contributed by atoms with E-state index in [4.69, 9.17) is 10.2 Å². The summed E-state index contributed by atoms with van der Waals surface area (Å²) in [7, 11) is 0. The van der Waals surface area contributed by atoms with Crippen LogP contribution in [0.2, 0.25) is 0 Å². The zero-order chi connectivity index (χ0) is 17.8. The zero-order valence-electron chi connectivity index (χ0n) is 16.9. The van der Waals surface area contributed by atoms with Gasteiger partial charge in [-0.1, -0.05) is 71.6 Å². The number of hydrogen-bond acceptors (Lipinski definition) is 3. The van der Waals surface area contributed by atoms with Crippen molar-refractivity contribution >= 4 is 18.2 Å². The first kappa shape index (κ1) is 29.0. The van der Waals surface area contributed by atoms with E-state index in [0.717, 1.165) is 13.0 Å². The molecule has 0 rings (SSSR count). The molecule has 138 valence electrons. The predicted octanol–water partition coefficient (Wildman–Crippen LogP) is 2.05. The molecular weight excluding hydrogens is 333 g/mol. The average molecular weight is 370 g/mol. The van der Waals surface area contributed by atoms with E-state index in [1.165, 1.54) is 64.0 Å². The molecule has 0 aliphatic rings. The number of nitrogens with zero attached hydrogens (tertiary/aromatic N) is 1. The van der Waals surface area contributed by atoms with E-state index in [1.54, 1.807) is 6.92 Å². The third kappa shape index (κ3) is 33.8. The van der Waals surface area contributed by atoms with Crippen LogP contribution in [0.5, 0.6) is 0 Å². The molecule has 0 atom stereocenters. The summed E-state index contributed by atoms with van der Waals surface area (Å²) in [6, 6.07) is 0. The number of carboxylic acid groups (broad SMARTS) is 2. The van der Waals surface area contributed by atoms with Gasteiger partial charge < -0.3 is 11.6 Å². The molecule has 0 aromatic rings. The summed E-state index contributed by atoms with van der Waals surface area (Å²) in [6.07, 6.45) is 15.0. The minimum atomic E-state index is -0.804. The third-order valence-corrected chi connectivity index (χ3v) is 3.34. The Morgan fingerprint density at radius 3 is 1.62 bits per heavy atom. The Kier molecular flexibility index (Phi) is 30.8. The Morgan fingerprint density at radius 1 is 0.833 bits per heavy atom. The van der Waals surface area contributed by atoms with E-state index in [9.17, 15) is 9.59 Å². The molecular formula is C18H36KNO4. The van der Waals surface area contributed by atoms with Gasteiger partial charge >= 0.3 is 63.3 Å². The van der Waals surface area contributed by atoms with Crippen molar-refractivity contribution in [2.24, 2.45) is 4.99 Å². The molecule has 0 radical (unpaired) electrons. The van der Waals surface area contributed by atoms with Crippen LogP contribution in [0.3, 0.4) is 0 Å². The van der Waals surface area contributed by atoms with Crippen LogP contribution in [0, 0.1) is 0 Å². The molecule has 0 saturated carbocycles. The van der Waals surface area contributed by atoms with Crippen LogP contribution >= 0.6 is 0 Å². The summed E-state index contributed by atoms with van der Waals surface area (Å²) in [6.45, 7) is 4.63. The molecule has 0 aromatic heterocycles. The maximum Gasteiger partial charge on any atom is 1.00 e. The first-order valence-electron chi connectivity index (χ1n) is 8.96. The number of rotatable bonds is 14. The number of aliphatic imine (C=N–C) groups is 1. The van der Waals surface area contributed by atoms with Crippen molar-refractivity contribution in [3.05, 3.63) is 0 Å². The van der Waals surface area contributed by atoms with Crippen LogP contribution in [-0.4, -0.2) is 34.9 Å². The van der Waals surface area contributed by atoms with Crippen molar-refractivity contribution in [1.29, 1.82) is 0 Å². The van der Waals surface area contributed by atoms with Gasteiger partial charge in [-0.3, -0.25) is 14.6 Å². The standard InChI is InChI=1S/C15H29NO2.C3H6O2.K.H/c1-2-3-4-5-6-7-8-9-10-11-13-16-14-12-15(17)18;1-2-3(4)5;;/h14H,2-13H2,1H3,(H,17,18);2H2,1H3,(H,4,5);;/q;;+1;-1. The SMILES string of the molecule is CCC(=O)O.CCCCCCCCCCCCN=CCC(=O)O.[H-].[K+]. The van der Waals surface area contributed by atoms with Crippen molar-refractivity contribution in [1.82, 2.24) is 0 Å². The fourth-order valence-electron chi connectivity index (χ4n) is 1.92. The normalized spacial score (nSPS) is 9.92. The summed E-state index contributed by atoms with van der Waals surface area (Å²) < 4.78 is 0. The van der Waals surface area contributed by atoms with E-state index < -0.39 is 11.9 Å². The molecule has 0 unspecified atom stereocenters. The minimum Gasteiger partial charge on any atom is -1.00 e. The molecule has 0 bridgehead atoms. The van der Waals surface area contributed by atoms with Gasteiger partial charge in [-0.15, -0.1) is 0 Å². The largest absolute Gasteiger partial charge is 1.00 e. The molecule has 0 aromatic carbocycles. The van der Waals surface area contributed by atoms with Gasteiger partial charge in [0.05, 0.1) is 6.42 Å². The second kappa shape index (κ2) is 25.5. The van der Waals surface area contributed by atoms with Crippen molar-refractivity contribution in [2.45, 2.75) is 90.9 Å². The minimum absolute atomic E-state index is 0. The molecule has 0 saturated heterocycles. The first-order chi connectivity index (χ1) is 11.0. The molecule has 0 amide bonds. The molecule has 0 spiro atoms. The number of unbranched alkanes of at least 4 members (excludes halogenated alkanes) is 9. The Labute approximate surface area is 191 Å². The number of aliphatic carboxylic acids is 2. The van der Waals surface area contributed by atoms with Crippen LogP contribution < -0.4 is 51.4 Å². The molecule has 6 heteroatoms. The van der Waals surface area contributed by atoms with Crippen LogP contribution in [0.25, 0.3) is 0 Å². The van der Waals surface area contributed by atoms with Gasteiger partial charge in [-0.25, -0.2) is 0 Å². The van der Waals surface area contributed by atoms with E-state index >= 15 is 0 Å². The van der Waals surface area contributed by atoms with E-state index in [0.29, 0.717) is 0 Å². The second-order valence-electron chi connectivity index (χ2n) is 5.62. The summed E-state index contributed by atoms with van der Waals surface area (Å²) in [5.74, 6) is -1.55. The monoisotopic (exact) mass is 369 g/mol. The van der Waals surface area contributed by atoms with Gasteiger partial charge in [-0.05, 0) is 6.42 Å². The molecule has 0 aliphatic heterocycles. The van der Waals surface area contributed by atoms with Crippen LogP contribution in [0.1, 0.15) is 92.3 Å². The molecule has 2 N–H and O–H groups in total. The number of carboxylic acids is 2. The Balaban J connectivity index is -0.000000276. The van der Waals surface area contributed by atoms with Crippen LogP contribution in [-0.2, 0) is 9.59 Å². The van der Waals surface area contributed by atoms with Gasteiger partial charge in [0.2, 0.25) is 0 Å². The Morgan fingerprint density at radius 2 is 1.25 bits per heavy atom.